The fraction of sp³-hybridized carbons (Fsp3) is 0.0741. The molecule has 0 atom stereocenters. The fourth-order valence-corrected chi connectivity index (χ4v) is 3.16. The highest BCUT2D eigenvalue weighted by Gasteiger charge is 2.10. The van der Waals surface area contributed by atoms with E-state index in [9.17, 15) is 4.79 Å². The summed E-state index contributed by atoms with van der Waals surface area (Å²) in [7, 11) is 0. The Morgan fingerprint density at radius 3 is 2.45 bits per heavy atom. The second-order valence-corrected chi connectivity index (χ2v) is 7.26. The molecule has 6 heteroatoms. The van der Waals surface area contributed by atoms with Crippen molar-refractivity contribution in [2.24, 2.45) is 5.10 Å². The van der Waals surface area contributed by atoms with Gasteiger partial charge in [0, 0.05) is 18.2 Å². The van der Waals surface area contributed by atoms with Crippen LogP contribution in [0.2, 0.25) is 0 Å². The van der Waals surface area contributed by atoms with Gasteiger partial charge in [0.2, 0.25) is 0 Å². The van der Waals surface area contributed by atoms with Gasteiger partial charge in [0.1, 0.15) is 11.4 Å². The van der Waals surface area contributed by atoms with Crippen LogP contribution in [0.1, 0.15) is 21.6 Å². The van der Waals surface area contributed by atoms with Gasteiger partial charge in [0.15, 0.2) is 0 Å². The molecule has 0 fully saturated rings. The number of hydrogen-bond acceptors (Lipinski definition) is 4. The molecule has 1 amide bonds. The van der Waals surface area contributed by atoms with Crippen molar-refractivity contribution in [2.75, 3.05) is 6.61 Å². The van der Waals surface area contributed by atoms with Gasteiger partial charge >= 0.3 is 0 Å². The maximum Gasteiger partial charge on any atom is 0.289 e. The summed E-state index contributed by atoms with van der Waals surface area (Å²) in [6, 6.07) is 29.4. The topological polar surface area (TPSA) is 79.4 Å². The highest BCUT2D eigenvalue weighted by Crippen LogP contribution is 2.21. The molecule has 1 heterocycles. The van der Waals surface area contributed by atoms with Crippen LogP contribution in [0.25, 0.3) is 17.3 Å². The molecule has 0 aliphatic heterocycles. The molecule has 2 N–H and O–H groups in total. The van der Waals surface area contributed by atoms with Gasteiger partial charge in [0.25, 0.3) is 5.91 Å². The third-order valence-corrected chi connectivity index (χ3v) is 4.89. The summed E-state index contributed by atoms with van der Waals surface area (Å²) in [5.41, 5.74) is 6.67. The highest BCUT2D eigenvalue weighted by molar-refractivity contribution is 5.94. The highest BCUT2D eigenvalue weighted by atomic mass is 16.5. The Bertz CT molecular complexity index is 1210. The number of allylic oxidation sites excluding steroid dienone is 1. The van der Waals surface area contributed by atoms with E-state index in [2.05, 4.69) is 32.9 Å². The van der Waals surface area contributed by atoms with Crippen molar-refractivity contribution in [3.05, 3.63) is 114 Å². The summed E-state index contributed by atoms with van der Waals surface area (Å²) < 4.78 is 5.82. The zero-order valence-electron chi connectivity index (χ0n) is 18.0. The van der Waals surface area contributed by atoms with E-state index in [0.717, 1.165) is 23.3 Å². The molecule has 0 radical (unpaired) electrons. The SMILES string of the molecule is O=C(N/N=C\C=C\c1ccccc1)c1cc(-c2ccc(OCCc3ccccc3)cc2)n[nH]1. The first-order valence-corrected chi connectivity index (χ1v) is 10.7. The number of aromatic amines is 1. The van der Waals surface area contributed by atoms with Crippen molar-refractivity contribution in [2.45, 2.75) is 6.42 Å². The van der Waals surface area contributed by atoms with E-state index in [1.54, 1.807) is 12.1 Å². The van der Waals surface area contributed by atoms with Crippen LogP contribution < -0.4 is 10.2 Å². The smallest absolute Gasteiger partial charge is 0.289 e. The lowest BCUT2D eigenvalue weighted by molar-refractivity contribution is 0.0950. The Morgan fingerprint density at radius 1 is 0.970 bits per heavy atom. The Labute approximate surface area is 192 Å². The molecule has 0 aliphatic carbocycles. The Balaban J connectivity index is 1.27. The summed E-state index contributed by atoms with van der Waals surface area (Å²) in [6.45, 7) is 0.608. The molecular weight excluding hydrogens is 412 g/mol. The largest absolute Gasteiger partial charge is 0.493 e. The lowest BCUT2D eigenvalue weighted by atomic mass is 10.1. The number of rotatable bonds is 9. The van der Waals surface area contributed by atoms with Crippen molar-refractivity contribution in [3.63, 3.8) is 0 Å². The van der Waals surface area contributed by atoms with Gasteiger partial charge in [-0.2, -0.15) is 10.2 Å². The third-order valence-electron chi connectivity index (χ3n) is 4.89. The van der Waals surface area contributed by atoms with Crippen LogP contribution >= 0.6 is 0 Å². The third kappa shape index (κ3) is 6.51. The number of amides is 1. The first-order chi connectivity index (χ1) is 16.3. The number of benzene rings is 3. The normalized spacial score (nSPS) is 11.2. The zero-order chi connectivity index (χ0) is 22.7. The van der Waals surface area contributed by atoms with Gasteiger partial charge in [0.05, 0.1) is 12.3 Å². The number of carbonyl (C=O) groups is 1. The number of aromatic nitrogens is 2. The first kappa shape index (κ1) is 21.8. The van der Waals surface area contributed by atoms with Gasteiger partial charge in [-0.25, -0.2) is 5.43 Å². The minimum Gasteiger partial charge on any atom is -0.493 e. The quantitative estimate of drug-likeness (QED) is 0.282. The van der Waals surface area contributed by atoms with Crippen LogP contribution in [0.3, 0.4) is 0 Å². The second-order valence-electron chi connectivity index (χ2n) is 7.26. The summed E-state index contributed by atoms with van der Waals surface area (Å²) in [5, 5.41) is 10.9. The minimum absolute atomic E-state index is 0.331. The van der Waals surface area contributed by atoms with Crippen molar-refractivity contribution in [3.8, 4) is 17.0 Å². The molecule has 164 valence electrons. The lowest BCUT2D eigenvalue weighted by Gasteiger charge is -2.06. The molecule has 1 aromatic heterocycles. The standard InChI is InChI=1S/C27H24N4O2/c32-27(31-28-18-7-12-21-8-3-1-4-9-21)26-20-25(29-30-26)23-13-15-24(16-14-23)33-19-17-22-10-5-2-6-11-22/h1-16,18,20H,17,19H2,(H,29,30)(H,31,32)/b12-7+,28-18-. The number of nitrogens with one attached hydrogen (secondary N) is 2. The molecular formula is C27H24N4O2. The van der Waals surface area contributed by atoms with Crippen molar-refractivity contribution >= 4 is 18.2 Å². The molecule has 4 aromatic rings. The molecule has 0 bridgehead atoms. The number of H-pyrrole nitrogens is 1. The summed E-state index contributed by atoms with van der Waals surface area (Å²) in [5.74, 6) is 0.431. The number of nitrogens with zero attached hydrogens (tertiary/aromatic N) is 2. The van der Waals surface area contributed by atoms with Crippen LogP contribution in [-0.2, 0) is 6.42 Å². The van der Waals surface area contributed by atoms with E-state index in [1.807, 2.05) is 78.9 Å². The number of hydrogen-bond donors (Lipinski definition) is 2. The first-order valence-electron chi connectivity index (χ1n) is 10.7. The van der Waals surface area contributed by atoms with Crippen LogP contribution in [0.15, 0.2) is 102 Å². The van der Waals surface area contributed by atoms with Crippen LogP contribution in [0.5, 0.6) is 5.75 Å². The maximum atomic E-state index is 12.3. The number of carbonyl (C=O) groups excluding carboxylic acids is 1. The molecule has 3 aromatic carbocycles. The van der Waals surface area contributed by atoms with E-state index in [-0.39, 0.29) is 5.91 Å². The summed E-state index contributed by atoms with van der Waals surface area (Å²) >= 11 is 0. The maximum absolute atomic E-state index is 12.3. The molecule has 33 heavy (non-hydrogen) atoms. The van der Waals surface area contributed by atoms with Gasteiger partial charge < -0.3 is 4.74 Å². The van der Waals surface area contributed by atoms with E-state index in [4.69, 9.17) is 4.74 Å². The monoisotopic (exact) mass is 436 g/mol. The van der Waals surface area contributed by atoms with Crippen molar-refractivity contribution < 1.29 is 9.53 Å². The Morgan fingerprint density at radius 2 is 1.70 bits per heavy atom. The molecule has 0 saturated carbocycles. The average molecular weight is 437 g/mol. The molecule has 0 aliphatic rings. The van der Waals surface area contributed by atoms with E-state index in [1.165, 1.54) is 11.8 Å². The molecule has 6 nitrogen and oxygen atoms in total. The van der Waals surface area contributed by atoms with E-state index in [0.29, 0.717) is 18.0 Å². The molecule has 4 rings (SSSR count). The van der Waals surface area contributed by atoms with Crippen LogP contribution in [0.4, 0.5) is 0 Å². The zero-order valence-corrected chi connectivity index (χ0v) is 18.0. The predicted molar refractivity (Wildman–Crippen MR) is 131 cm³/mol. The van der Waals surface area contributed by atoms with Crippen LogP contribution in [0, 0.1) is 0 Å². The molecule has 0 unspecified atom stereocenters. The number of hydrazone groups is 1. The van der Waals surface area contributed by atoms with E-state index < -0.39 is 0 Å². The molecule has 0 saturated heterocycles. The van der Waals surface area contributed by atoms with Crippen molar-refractivity contribution in [1.82, 2.24) is 15.6 Å². The van der Waals surface area contributed by atoms with Gasteiger partial charge in [-0.15, -0.1) is 0 Å². The van der Waals surface area contributed by atoms with Gasteiger partial charge in [-0.3, -0.25) is 9.89 Å². The van der Waals surface area contributed by atoms with Crippen LogP contribution in [-0.4, -0.2) is 28.9 Å². The van der Waals surface area contributed by atoms with E-state index >= 15 is 0 Å². The van der Waals surface area contributed by atoms with Gasteiger partial charge in [-0.1, -0.05) is 66.7 Å². The Hall–Kier alpha value is -4.45. The predicted octanol–water partition coefficient (Wildman–Crippen LogP) is 5.13. The second kappa shape index (κ2) is 11.2. The fourth-order valence-electron chi connectivity index (χ4n) is 3.16. The van der Waals surface area contributed by atoms with Gasteiger partial charge in [-0.05, 0) is 47.5 Å². The summed E-state index contributed by atoms with van der Waals surface area (Å²) in [4.78, 5) is 12.3. The Kier molecular flexibility index (Phi) is 7.42. The minimum atomic E-state index is -0.362. The lowest BCUT2D eigenvalue weighted by Crippen LogP contribution is -2.17. The molecule has 0 spiro atoms. The van der Waals surface area contributed by atoms with Crippen molar-refractivity contribution in [1.29, 1.82) is 0 Å². The number of ether oxygens (including phenoxy) is 1. The summed E-state index contributed by atoms with van der Waals surface area (Å²) in [6.07, 6.45) is 6.04. The average Bonchev–Trinajstić information content (AvgIpc) is 3.36.